The molecule has 0 aliphatic heterocycles. The Morgan fingerprint density at radius 3 is 2.54 bits per heavy atom. The Labute approximate surface area is 219 Å². The first-order chi connectivity index (χ1) is 16.7. The summed E-state index contributed by atoms with van der Waals surface area (Å²) in [6.07, 6.45) is 1.29. The number of hydrogen-bond donors (Lipinski definition) is 3. The summed E-state index contributed by atoms with van der Waals surface area (Å²) in [7, 11) is 0. The highest BCUT2D eigenvalue weighted by Crippen LogP contribution is 2.29. The number of rotatable bonds is 7. The fraction of sp³-hybridized carbons (Fsp3) is 0.0833. The minimum Gasteiger partial charge on any atom is -0.483 e. The molecule has 11 heteroatoms. The van der Waals surface area contributed by atoms with Crippen LogP contribution in [0.15, 0.2) is 70.2 Å². The number of aryl methyl sites for hydroxylation is 1. The van der Waals surface area contributed by atoms with Gasteiger partial charge in [-0.25, -0.2) is 5.43 Å². The van der Waals surface area contributed by atoms with Crippen molar-refractivity contribution in [2.45, 2.75) is 6.92 Å². The van der Waals surface area contributed by atoms with E-state index in [1.54, 1.807) is 42.5 Å². The minimum atomic E-state index is -1.01. The molecule has 0 saturated carbocycles. The third-order valence-corrected chi connectivity index (χ3v) is 6.20. The van der Waals surface area contributed by atoms with Crippen molar-refractivity contribution in [2.24, 2.45) is 5.10 Å². The van der Waals surface area contributed by atoms with Crippen LogP contribution in [0.25, 0.3) is 0 Å². The number of hydrazone groups is 1. The molecule has 0 aromatic heterocycles. The van der Waals surface area contributed by atoms with Crippen LogP contribution in [-0.2, 0) is 14.4 Å². The first-order valence-corrected chi connectivity index (χ1v) is 11.7. The maximum Gasteiger partial charge on any atom is 0.329 e. The van der Waals surface area contributed by atoms with Crippen molar-refractivity contribution in [3.8, 4) is 5.75 Å². The van der Waals surface area contributed by atoms with Crippen LogP contribution in [0.2, 0.25) is 10.0 Å². The number of carbonyl (C=O) groups is 3. The van der Waals surface area contributed by atoms with Crippen molar-refractivity contribution < 1.29 is 19.1 Å². The van der Waals surface area contributed by atoms with E-state index in [4.69, 9.17) is 27.9 Å². The van der Waals surface area contributed by atoms with Crippen LogP contribution in [0.1, 0.15) is 11.1 Å². The molecule has 3 aromatic carbocycles. The van der Waals surface area contributed by atoms with Crippen LogP contribution in [0.5, 0.6) is 5.75 Å². The van der Waals surface area contributed by atoms with E-state index in [0.29, 0.717) is 17.0 Å². The summed E-state index contributed by atoms with van der Waals surface area (Å²) in [5, 5.41) is 9.26. The van der Waals surface area contributed by atoms with Crippen LogP contribution in [0.3, 0.4) is 0 Å². The number of para-hydroxylation sites is 1. The predicted molar refractivity (Wildman–Crippen MR) is 140 cm³/mol. The Hall–Kier alpha value is -3.40. The van der Waals surface area contributed by atoms with E-state index in [0.717, 1.165) is 10.0 Å². The van der Waals surface area contributed by atoms with Crippen molar-refractivity contribution in [3.05, 3.63) is 86.3 Å². The van der Waals surface area contributed by atoms with Crippen molar-refractivity contribution in [1.82, 2.24) is 5.43 Å². The molecule has 3 rings (SSSR count). The van der Waals surface area contributed by atoms with E-state index < -0.39 is 11.8 Å². The van der Waals surface area contributed by atoms with Gasteiger partial charge in [0.1, 0.15) is 5.75 Å². The van der Waals surface area contributed by atoms with Gasteiger partial charge in [-0.3, -0.25) is 14.4 Å². The Kier molecular flexibility index (Phi) is 9.25. The molecule has 0 radical (unpaired) electrons. The lowest BCUT2D eigenvalue weighted by atomic mass is 10.2. The first kappa shape index (κ1) is 26.2. The number of nitrogens with zero attached hydrogens (tertiary/aromatic N) is 1. The van der Waals surface area contributed by atoms with Gasteiger partial charge in [0.2, 0.25) is 0 Å². The third-order valence-electron chi connectivity index (χ3n) is 4.50. The molecular weight excluding hydrogens is 559 g/mol. The van der Waals surface area contributed by atoms with Gasteiger partial charge in [-0.1, -0.05) is 57.3 Å². The molecule has 0 bridgehead atoms. The molecule has 0 atom stereocenters. The standard InChI is InChI=1S/C24H19BrCl2N4O4/c1-14-11-16(9-10-17(14)25)29-21(32)13-35-20-8-3-2-5-15(20)12-28-31-24(34)23(33)30-19-7-4-6-18(26)22(19)27/h2-12H,13H2,1H3,(H,29,32)(H,30,33)(H,31,34)/b28-12-. The quantitative estimate of drug-likeness (QED) is 0.204. The number of benzene rings is 3. The monoisotopic (exact) mass is 576 g/mol. The van der Waals surface area contributed by atoms with Gasteiger partial charge >= 0.3 is 11.8 Å². The molecule has 0 aliphatic carbocycles. The fourth-order valence-electron chi connectivity index (χ4n) is 2.77. The second kappa shape index (κ2) is 12.3. The van der Waals surface area contributed by atoms with Crippen LogP contribution < -0.4 is 20.8 Å². The summed E-state index contributed by atoms with van der Waals surface area (Å²) in [6.45, 7) is 1.68. The number of amides is 3. The van der Waals surface area contributed by atoms with Gasteiger partial charge in [0.15, 0.2) is 6.61 Å². The highest BCUT2D eigenvalue weighted by atomic mass is 79.9. The number of nitrogens with one attached hydrogen (secondary N) is 3. The van der Waals surface area contributed by atoms with E-state index in [2.05, 4.69) is 37.1 Å². The van der Waals surface area contributed by atoms with Crippen LogP contribution in [-0.4, -0.2) is 30.5 Å². The van der Waals surface area contributed by atoms with Crippen molar-refractivity contribution in [1.29, 1.82) is 0 Å². The molecule has 3 N–H and O–H groups in total. The molecular formula is C24H19BrCl2N4O4. The van der Waals surface area contributed by atoms with Crippen molar-refractivity contribution in [3.63, 3.8) is 0 Å². The molecule has 180 valence electrons. The van der Waals surface area contributed by atoms with E-state index in [1.165, 1.54) is 12.3 Å². The Balaban J connectivity index is 1.55. The Morgan fingerprint density at radius 2 is 1.77 bits per heavy atom. The second-order valence-corrected chi connectivity index (χ2v) is 8.73. The lowest BCUT2D eigenvalue weighted by molar-refractivity contribution is -0.136. The topological polar surface area (TPSA) is 109 Å². The van der Waals surface area contributed by atoms with Gasteiger partial charge in [-0.05, 0) is 55.0 Å². The summed E-state index contributed by atoms with van der Waals surface area (Å²) in [6, 6.07) is 16.9. The summed E-state index contributed by atoms with van der Waals surface area (Å²) < 4.78 is 6.54. The Morgan fingerprint density at radius 1 is 1.00 bits per heavy atom. The number of halogens is 3. The summed E-state index contributed by atoms with van der Waals surface area (Å²) in [4.78, 5) is 36.4. The second-order valence-electron chi connectivity index (χ2n) is 7.09. The molecule has 0 spiro atoms. The Bertz CT molecular complexity index is 1300. The highest BCUT2D eigenvalue weighted by molar-refractivity contribution is 9.10. The number of ether oxygens (including phenoxy) is 1. The molecule has 3 amide bonds. The van der Waals surface area contributed by atoms with E-state index in [1.807, 2.05) is 19.1 Å². The maximum atomic E-state index is 12.3. The van der Waals surface area contributed by atoms with Crippen molar-refractivity contribution in [2.75, 3.05) is 17.2 Å². The number of anilines is 2. The maximum absolute atomic E-state index is 12.3. The number of carbonyl (C=O) groups excluding carboxylic acids is 3. The van der Waals surface area contributed by atoms with Crippen LogP contribution >= 0.6 is 39.1 Å². The van der Waals surface area contributed by atoms with Crippen LogP contribution in [0, 0.1) is 6.92 Å². The lowest BCUT2D eigenvalue weighted by Crippen LogP contribution is -2.32. The van der Waals surface area contributed by atoms with Gasteiger partial charge in [-0.2, -0.15) is 5.10 Å². The van der Waals surface area contributed by atoms with Gasteiger partial charge in [0, 0.05) is 15.7 Å². The average Bonchev–Trinajstić information content (AvgIpc) is 2.83. The molecule has 0 fully saturated rings. The van der Waals surface area contributed by atoms with Crippen LogP contribution in [0.4, 0.5) is 11.4 Å². The molecule has 3 aromatic rings. The largest absolute Gasteiger partial charge is 0.483 e. The molecule has 0 saturated heterocycles. The third kappa shape index (κ3) is 7.54. The van der Waals surface area contributed by atoms with Gasteiger partial charge in [-0.15, -0.1) is 0 Å². The van der Waals surface area contributed by atoms with Crippen molar-refractivity contribution >= 4 is 74.4 Å². The normalized spacial score (nSPS) is 10.6. The van der Waals surface area contributed by atoms with E-state index in [-0.39, 0.29) is 28.2 Å². The van der Waals surface area contributed by atoms with E-state index >= 15 is 0 Å². The molecule has 0 aliphatic rings. The SMILES string of the molecule is Cc1cc(NC(=O)COc2ccccc2/C=N\NC(=O)C(=O)Nc2cccc(Cl)c2Cl)ccc1Br. The summed E-state index contributed by atoms with van der Waals surface area (Å²) in [5.41, 5.74) is 4.43. The lowest BCUT2D eigenvalue weighted by Gasteiger charge is -2.10. The minimum absolute atomic E-state index is 0.115. The highest BCUT2D eigenvalue weighted by Gasteiger charge is 2.15. The summed E-state index contributed by atoms with van der Waals surface area (Å²) >= 11 is 15.3. The summed E-state index contributed by atoms with van der Waals surface area (Å²) in [5.74, 6) is -1.97. The molecule has 35 heavy (non-hydrogen) atoms. The fourth-order valence-corrected chi connectivity index (χ4v) is 3.37. The van der Waals surface area contributed by atoms with Gasteiger partial charge in [0.05, 0.1) is 21.9 Å². The van der Waals surface area contributed by atoms with Gasteiger partial charge in [0.25, 0.3) is 5.91 Å². The zero-order valence-electron chi connectivity index (χ0n) is 18.3. The van der Waals surface area contributed by atoms with Gasteiger partial charge < -0.3 is 15.4 Å². The molecule has 0 heterocycles. The first-order valence-electron chi connectivity index (χ1n) is 10.1. The smallest absolute Gasteiger partial charge is 0.329 e. The average molecular weight is 578 g/mol. The molecule has 8 nitrogen and oxygen atoms in total. The zero-order valence-corrected chi connectivity index (χ0v) is 21.4. The van der Waals surface area contributed by atoms with E-state index in [9.17, 15) is 14.4 Å². The predicted octanol–water partition coefficient (Wildman–Crippen LogP) is 5.17. The molecule has 0 unspecified atom stereocenters. The zero-order chi connectivity index (χ0) is 25.4. The number of hydrogen-bond acceptors (Lipinski definition) is 5.